The van der Waals surface area contributed by atoms with Crippen molar-refractivity contribution in [2.45, 2.75) is 18.3 Å². The molecule has 130 valence electrons. The Morgan fingerprint density at radius 1 is 0.792 bits per heavy atom. The van der Waals surface area contributed by atoms with Crippen molar-refractivity contribution in [3.8, 4) is 11.5 Å². The van der Waals surface area contributed by atoms with Crippen molar-refractivity contribution in [2.75, 3.05) is 11.5 Å². The predicted molar refractivity (Wildman–Crippen MR) is 76.6 cm³/mol. The van der Waals surface area contributed by atoms with Crippen LogP contribution in [-0.2, 0) is 5.67 Å². The van der Waals surface area contributed by atoms with Crippen molar-refractivity contribution in [1.29, 1.82) is 0 Å². The van der Waals surface area contributed by atoms with Gasteiger partial charge in [0.25, 0.3) is 12.1 Å². The van der Waals surface area contributed by atoms with E-state index in [1.165, 1.54) is 18.2 Å². The summed E-state index contributed by atoms with van der Waals surface area (Å²) in [5.41, 5.74) is 5.66. The number of ether oxygens (including phenoxy) is 1. The summed E-state index contributed by atoms with van der Waals surface area (Å²) in [6, 6.07) is 7.36. The number of hydrogen-bond acceptors (Lipinski definition) is 3. The second kappa shape index (κ2) is 6.14. The van der Waals surface area contributed by atoms with Gasteiger partial charge in [0.05, 0.1) is 11.4 Å². The minimum Gasteiger partial charge on any atom is -0.457 e. The van der Waals surface area contributed by atoms with E-state index in [1.807, 2.05) is 0 Å². The normalized spacial score (nSPS) is 14.5. The molecule has 0 aromatic heterocycles. The van der Waals surface area contributed by atoms with Crippen LogP contribution in [0.25, 0.3) is 0 Å². The zero-order valence-electron chi connectivity index (χ0n) is 11.9. The smallest absolute Gasteiger partial charge is 0.432 e. The molecule has 1 unspecified atom stereocenters. The summed E-state index contributed by atoms with van der Waals surface area (Å²) in [4.78, 5) is 0. The maximum Gasteiger partial charge on any atom is 0.432 e. The molecule has 2 rings (SSSR count). The van der Waals surface area contributed by atoms with E-state index in [0.717, 1.165) is 12.1 Å². The fraction of sp³-hybridized carbons (Fsp3) is 0.200. The Bertz CT molecular complexity index is 717. The largest absolute Gasteiger partial charge is 0.457 e. The average molecular weight is 350 g/mol. The van der Waals surface area contributed by atoms with E-state index in [1.54, 1.807) is 0 Å². The summed E-state index contributed by atoms with van der Waals surface area (Å²) >= 11 is 0. The molecule has 3 nitrogen and oxygen atoms in total. The molecule has 0 aliphatic rings. The number of alkyl halides is 6. The summed E-state index contributed by atoms with van der Waals surface area (Å²) in [6.45, 7) is 0. The Balaban J connectivity index is 2.28. The van der Waals surface area contributed by atoms with Gasteiger partial charge in [-0.25, -0.2) is 13.2 Å². The molecule has 0 saturated heterocycles. The molecule has 0 fully saturated rings. The summed E-state index contributed by atoms with van der Waals surface area (Å²) in [7, 11) is 0. The van der Waals surface area contributed by atoms with Crippen LogP contribution < -0.4 is 16.2 Å². The zero-order valence-corrected chi connectivity index (χ0v) is 11.9. The first-order valence-corrected chi connectivity index (χ1v) is 6.53. The molecule has 0 aliphatic carbocycles. The average Bonchev–Trinajstić information content (AvgIpc) is 2.49. The third-order valence-electron chi connectivity index (χ3n) is 3.28. The van der Waals surface area contributed by atoms with Gasteiger partial charge >= 0.3 is 6.18 Å². The topological polar surface area (TPSA) is 61.3 Å². The Hall–Kier alpha value is -2.58. The van der Waals surface area contributed by atoms with Gasteiger partial charge < -0.3 is 16.2 Å². The molecule has 0 aliphatic heterocycles. The lowest BCUT2D eigenvalue weighted by Crippen LogP contribution is -2.44. The predicted octanol–water partition coefficient (Wildman–Crippen LogP) is 4.64. The van der Waals surface area contributed by atoms with Crippen molar-refractivity contribution < 1.29 is 31.1 Å². The van der Waals surface area contributed by atoms with Crippen molar-refractivity contribution in [1.82, 2.24) is 0 Å². The van der Waals surface area contributed by atoms with E-state index in [9.17, 15) is 26.3 Å². The maximum atomic E-state index is 13.9. The van der Waals surface area contributed by atoms with Gasteiger partial charge in [-0.1, -0.05) is 12.1 Å². The van der Waals surface area contributed by atoms with Crippen molar-refractivity contribution in [3.05, 3.63) is 48.0 Å². The summed E-state index contributed by atoms with van der Waals surface area (Å²) < 4.78 is 82.4. The van der Waals surface area contributed by atoms with Gasteiger partial charge in [0, 0.05) is 11.6 Å². The lowest BCUT2D eigenvalue weighted by atomic mass is 9.95. The molecule has 24 heavy (non-hydrogen) atoms. The van der Waals surface area contributed by atoms with Gasteiger partial charge in [-0.15, -0.1) is 0 Å². The fourth-order valence-electron chi connectivity index (χ4n) is 1.93. The minimum absolute atomic E-state index is 0.0155. The molecule has 9 heteroatoms. The van der Waals surface area contributed by atoms with E-state index < -0.39 is 23.8 Å². The Morgan fingerprint density at radius 3 is 1.79 bits per heavy atom. The SMILES string of the molecule is Nc1ccc(Oc2ccc(C(F)(C(F)F)C(F)(F)F)cc2)cc1N. The highest BCUT2D eigenvalue weighted by molar-refractivity contribution is 5.65. The van der Waals surface area contributed by atoms with E-state index in [0.29, 0.717) is 17.8 Å². The van der Waals surface area contributed by atoms with Crippen LogP contribution in [-0.4, -0.2) is 12.6 Å². The van der Waals surface area contributed by atoms with Gasteiger partial charge in [-0.2, -0.15) is 13.2 Å². The third kappa shape index (κ3) is 3.19. The number of rotatable bonds is 4. The Morgan fingerprint density at radius 2 is 1.33 bits per heavy atom. The van der Waals surface area contributed by atoms with Crippen LogP contribution >= 0.6 is 0 Å². The number of hydrogen-bond donors (Lipinski definition) is 2. The van der Waals surface area contributed by atoms with E-state index in [2.05, 4.69) is 0 Å². The fourth-order valence-corrected chi connectivity index (χ4v) is 1.93. The molecule has 2 aromatic carbocycles. The van der Waals surface area contributed by atoms with Crippen LogP contribution in [0.3, 0.4) is 0 Å². The zero-order chi connectivity index (χ0) is 18.1. The third-order valence-corrected chi connectivity index (χ3v) is 3.28. The molecule has 0 radical (unpaired) electrons. The first-order valence-electron chi connectivity index (χ1n) is 6.53. The van der Waals surface area contributed by atoms with E-state index >= 15 is 0 Å². The number of halogens is 6. The van der Waals surface area contributed by atoms with Gasteiger partial charge in [-0.05, 0) is 24.3 Å². The van der Waals surface area contributed by atoms with E-state index in [4.69, 9.17) is 16.2 Å². The first kappa shape index (κ1) is 17.8. The van der Waals surface area contributed by atoms with Crippen LogP contribution in [0.5, 0.6) is 11.5 Å². The second-order valence-electron chi connectivity index (χ2n) is 4.93. The number of benzene rings is 2. The van der Waals surface area contributed by atoms with Gasteiger partial charge in [-0.3, -0.25) is 0 Å². The number of nitrogen functional groups attached to an aromatic ring is 2. The van der Waals surface area contributed by atoms with Crippen molar-refractivity contribution in [2.24, 2.45) is 0 Å². The minimum atomic E-state index is -5.76. The Kier molecular flexibility index (Phi) is 4.54. The molecular formula is C15H12F6N2O. The molecule has 0 heterocycles. The molecule has 4 N–H and O–H groups in total. The molecule has 0 bridgehead atoms. The summed E-state index contributed by atoms with van der Waals surface area (Å²) in [5.74, 6) is 0.243. The van der Waals surface area contributed by atoms with Crippen molar-refractivity contribution in [3.63, 3.8) is 0 Å². The van der Waals surface area contributed by atoms with Crippen LogP contribution in [0.15, 0.2) is 42.5 Å². The summed E-state index contributed by atoms with van der Waals surface area (Å²) in [6.07, 6.45) is -10.0. The standard InChI is InChI=1S/C15H12F6N2O/c16-13(17)14(18,15(19,20)21)8-1-3-9(4-2-8)24-10-5-6-11(22)12(23)7-10/h1-7,13H,22-23H2. The van der Waals surface area contributed by atoms with Crippen LogP contribution in [0.1, 0.15) is 5.56 Å². The van der Waals surface area contributed by atoms with Gasteiger partial charge in [0.15, 0.2) is 0 Å². The first-order chi connectivity index (χ1) is 11.1. The summed E-state index contributed by atoms with van der Waals surface area (Å²) in [5, 5.41) is 0. The van der Waals surface area contributed by atoms with Crippen LogP contribution in [0.4, 0.5) is 37.7 Å². The van der Waals surface area contributed by atoms with E-state index in [-0.39, 0.29) is 17.2 Å². The molecule has 1 atom stereocenters. The monoisotopic (exact) mass is 350 g/mol. The highest BCUT2D eigenvalue weighted by atomic mass is 19.4. The maximum absolute atomic E-state index is 13.9. The second-order valence-corrected chi connectivity index (χ2v) is 4.93. The molecule has 0 saturated carbocycles. The lowest BCUT2D eigenvalue weighted by molar-refractivity contribution is -0.274. The highest BCUT2D eigenvalue weighted by Crippen LogP contribution is 2.47. The van der Waals surface area contributed by atoms with Gasteiger partial charge in [0.2, 0.25) is 0 Å². The van der Waals surface area contributed by atoms with Gasteiger partial charge in [0.1, 0.15) is 11.5 Å². The lowest BCUT2D eigenvalue weighted by Gasteiger charge is -2.27. The molecule has 0 amide bonds. The Labute approximate surface area is 132 Å². The number of anilines is 2. The number of nitrogens with two attached hydrogens (primary N) is 2. The molecular weight excluding hydrogens is 338 g/mol. The molecule has 2 aromatic rings. The quantitative estimate of drug-likeness (QED) is 0.624. The molecule has 0 spiro atoms. The van der Waals surface area contributed by atoms with Crippen LogP contribution in [0, 0.1) is 0 Å². The van der Waals surface area contributed by atoms with Crippen molar-refractivity contribution >= 4 is 11.4 Å². The highest BCUT2D eigenvalue weighted by Gasteiger charge is 2.63. The van der Waals surface area contributed by atoms with Crippen LogP contribution in [0.2, 0.25) is 0 Å².